The van der Waals surface area contributed by atoms with Crippen LogP contribution < -0.4 is 4.74 Å². The zero-order valence-corrected chi connectivity index (χ0v) is 13.6. The topological polar surface area (TPSA) is 41.1 Å². The standard InChI is InChI=1S/C15H17Cl2N3O/c1-3-21-15-11(16)6-9(7-12(15)17)14-10-8-20(2)5-4-13(10)18-19-14/h6-7H,3-5,8H2,1-2H3,(H,18,19). The normalized spacial score (nSPS) is 15.0. The molecule has 0 spiro atoms. The van der Waals surface area contributed by atoms with E-state index in [2.05, 4.69) is 22.1 Å². The molecule has 1 aromatic heterocycles. The number of fused-ring (bicyclic) bond motifs is 1. The maximum Gasteiger partial charge on any atom is 0.156 e. The van der Waals surface area contributed by atoms with Crippen molar-refractivity contribution in [2.24, 2.45) is 0 Å². The largest absolute Gasteiger partial charge is 0.491 e. The maximum absolute atomic E-state index is 6.28. The predicted octanol–water partition coefficient (Wildman–Crippen LogP) is 3.77. The third-order valence-electron chi connectivity index (χ3n) is 3.68. The lowest BCUT2D eigenvalue weighted by atomic mass is 10.0. The zero-order valence-electron chi connectivity index (χ0n) is 12.0. The van der Waals surface area contributed by atoms with Gasteiger partial charge in [0.1, 0.15) is 0 Å². The lowest BCUT2D eigenvalue weighted by molar-refractivity contribution is 0.312. The second-order valence-corrected chi connectivity index (χ2v) is 6.03. The molecule has 0 unspecified atom stereocenters. The molecular weight excluding hydrogens is 309 g/mol. The number of nitrogens with zero attached hydrogens (tertiary/aromatic N) is 2. The molecule has 21 heavy (non-hydrogen) atoms. The molecule has 1 aromatic carbocycles. The van der Waals surface area contributed by atoms with Gasteiger partial charge in [0, 0.05) is 36.3 Å². The summed E-state index contributed by atoms with van der Waals surface area (Å²) in [6, 6.07) is 3.73. The van der Waals surface area contributed by atoms with Gasteiger partial charge in [0.2, 0.25) is 0 Å². The molecule has 6 heteroatoms. The van der Waals surface area contributed by atoms with Gasteiger partial charge in [-0.15, -0.1) is 0 Å². The molecule has 0 saturated heterocycles. The van der Waals surface area contributed by atoms with E-state index in [9.17, 15) is 0 Å². The van der Waals surface area contributed by atoms with Crippen LogP contribution in [-0.2, 0) is 13.0 Å². The van der Waals surface area contributed by atoms with Crippen molar-refractivity contribution >= 4 is 23.2 Å². The average molecular weight is 326 g/mol. The van der Waals surface area contributed by atoms with Crippen molar-refractivity contribution in [2.75, 3.05) is 20.2 Å². The Kier molecular flexibility index (Phi) is 4.11. The van der Waals surface area contributed by atoms with E-state index in [0.717, 1.165) is 30.8 Å². The summed E-state index contributed by atoms with van der Waals surface area (Å²) in [5.74, 6) is 0.533. The monoisotopic (exact) mass is 325 g/mol. The Hall–Kier alpha value is -1.23. The lowest BCUT2D eigenvalue weighted by Crippen LogP contribution is -2.26. The Morgan fingerprint density at radius 3 is 2.71 bits per heavy atom. The quantitative estimate of drug-likeness (QED) is 0.933. The first-order chi connectivity index (χ1) is 10.1. The number of nitrogens with one attached hydrogen (secondary N) is 1. The number of hydrogen-bond donors (Lipinski definition) is 1. The summed E-state index contributed by atoms with van der Waals surface area (Å²) in [4.78, 5) is 2.28. The minimum atomic E-state index is 0.514. The van der Waals surface area contributed by atoms with Crippen molar-refractivity contribution in [3.8, 4) is 17.0 Å². The van der Waals surface area contributed by atoms with Crippen LogP contribution in [0.15, 0.2) is 12.1 Å². The molecule has 0 atom stereocenters. The van der Waals surface area contributed by atoms with Crippen LogP contribution in [0, 0.1) is 0 Å². The number of benzene rings is 1. The molecule has 3 rings (SSSR count). The minimum absolute atomic E-state index is 0.514. The molecule has 0 amide bonds. The van der Waals surface area contributed by atoms with E-state index in [4.69, 9.17) is 27.9 Å². The molecule has 1 aliphatic heterocycles. The van der Waals surface area contributed by atoms with E-state index in [1.807, 2.05) is 19.1 Å². The van der Waals surface area contributed by atoms with Gasteiger partial charge in [-0.1, -0.05) is 23.2 Å². The number of hydrogen-bond acceptors (Lipinski definition) is 3. The molecule has 0 saturated carbocycles. The van der Waals surface area contributed by atoms with Gasteiger partial charge in [-0.25, -0.2) is 0 Å². The van der Waals surface area contributed by atoms with Crippen LogP contribution in [0.3, 0.4) is 0 Å². The number of ether oxygens (including phenoxy) is 1. The first-order valence-corrected chi connectivity index (χ1v) is 7.72. The van der Waals surface area contributed by atoms with E-state index >= 15 is 0 Å². The Balaban J connectivity index is 2.04. The summed E-state index contributed by atoms with van der Waals surface area (Å²) < 4.78 is 5.47. The Labute approximate surface area is 134 Å². The number of aromatic nitrogens is 2. The molecule has 4 nitrogen and oxygen atoms in total. The number of rotatable bonds is 3. The van der Waals surface area contributed by atoms with Crippen molar-refractivity contribution in [3.63, 3.8) is 0 Å². The lowest BCUT2D eigenvalue weighted by Gasteiger charge is -2.22. The molecule has 0 bridgehead atoms. The predicted molar refractivity (Wildman–Crippen MR) is 85.3 cm³/mol. The second kappa shape index (κ2) is 5.87. The fourth-order valence-corrected chi connectivity index (χ4v) is 3.24. The second-order valence-electron chi connectivity index (χ2n) is 5.22. The first-order valence-electron chi connectivity index (χ1n) is 6.97. The van der Waals surface area contributed by atoms with Gasteiger partial charge in [-0.05, 0) is 26.1 Å². The summed E-state index contributed by atoms with van der Waals surface area (Å²) in [5.41, 5.74) is 4.26. The van der Waals surface area contributed by atoms with Crippen LogP contribution in [0.25, 0.3) is 11.3 Å². The van der Waals surface area contributed by atoms with Crippen LogP contribution in [0.2, 0.25) is 10.0 Å². The third kappa shape index (κ3) is 2.76. The fourth-order valence-electron chi connectivity index (χ4n) is 2.65. The summed E-state index contributed by atoms with van der Waals surface area (Å²) in [6.07, 6.45) is 0.983. The molecule has 1 N–H and O–H groups in total. The third-order valence-corrected chi connectivity index (χ3v) is 4.25. The van der Waals surface area contributed by atoms with Gasteiger partial charge < -0.3 is 9.64 Å². The van der Waals surface area contributed by atoms with Crippen molar-refractivity contribution in [1.29, 1.82) is 0 Å². The molecule has 1 aliphatic rings. The fraction of sp³-hybridized carbons (Fsp3) is 0.400. The van der Waals surface area contributed by atoms with Crippen LogP contribution >= 0.6 is 23.2 Å². The number of likely N-dealkylation sites (N-methyl/N-ethyl adjacent to an activating group) is 1. The molecule has 2 aromatic rings. The average Bonchev–Trinajstić information content (AvgIpc) is 2.85. The first kappa shape index (κ1) is 14.7. The van der Waals surface area contributed by atoms with Gasteiger partial charge >= 0.3 is 0 Å². The van der Waals surface area contributed by atoms with Crippen LogP contribution in [0.5, 0.6) is 5.75 Å². The van der Waals surface area contributed by atoms with Gasteiger partial charge in [-0.3, -0.25) is 5.10 Å². The Morgan fingerprint density at radius 2 is 2.05 bits per heavy atom. The van der Waals surface area contributed by atoms with Gasteiger partial charge in [0.05, 0.1) is 22.3 Å². The van der Waals surface area contributed by atoms with E-state index in [1.54, 1.807) is 0 Å². The van der Waals surface area contributed by atoms with Crippen LogP contribution in [0.1, 0.15) is 18.2 Å². The summed E-state index contributed by atoms with van der Waals surface area (Å²) >= 11 is 12.6. The van der Waals surface area contributed by atoms with E-state index in [0.29, 0.717) is 22.4 Å². The van der Waals surface area contributed by atoms with E-state index in [1.165, 1.54) is 11.3 Å². The molecule has 112 valence electrons. The number of aromatic amines is 1. The summed E-state index contributed by atoms with van der Waals surface area (Å²) in [7, 11) is 2.11. The number of H-pyrrole nitrogens is 1. The van der Waals surface area contributed by atoms with Gasteiger partial charge in [0.25, 0.3) is 0 Å². The van der Waals surface area contributed by atoms with Crippen molar-refractivity contribution in [3.05, 3.63) is 33.4 Å². The van der Waals surface area contributed by atoms with E-state index in [-0.39, 0.29) is 0 Å². The Bertz CT molecular complexity index is 646. The van der Waals surface area contributed by atoms with E-state index < -0.39 is 0 Å². The number of halogens is 2. The Morgan fingerprint density at radius 1 is 1.33 bits per heavy atom. The molecular formula is C15H17Cl2N3O. The SMILES string of the molecule is CCOc1c(Cl)cc(-c2n[nH]c3c2CN(C)CC3)cc1Cl. The molecule has 0 aliphatic carbocycles. The highest BCUT2D eigenvalue weighted by Gasteiger charge is 2.22. The highest BCUT2D eigenvalue weighted by molar-refractivity contribution is 6.37. The zero-order chi connectivity index (χ0) is 15.0. The maximum atomic E-state index is 6.28. The van der Waals surface area contributed by atoms with Gasteiger partial charge in [0.15, 0.2) is 5.75 Å². The molecule has 2 heterocycles. The molecule has 0 fully saturated rings. The van der Waals surface area contributed by atoms with Crippen molar-refractivity contribution in [1.82, 2.24) is 15.1 Å². The summed E-state index contributed by atoms with van der Waals surface area (Å²) in [5, 5.41) is 8.61. The molecule has 0 radical (unpaired) electrons. The van der Waals surface area contributed by atoms with Crippen LogP contribution in [0.4, 0.5) is 0 Å². The van der Waals surface area contributed by atoms with Crippen molar-refractivity contribution in [2.45, 2.75) is 19.9 Å². The highest BCUT2D eigenvalue weighted by Crippen LogP contribution is 2.38. The summed E-state index contributed by atoms with van der Waals surface area (Å²) in [6.45, 7) is 4.35. The minimum Gasteiger partial charge on any atom is -0.491 e. The van der Waals surface area contributed by atoms with Gasteiger partial charge in [-0.2, -0.15) is 5.10 Å². The van der Waals surface area contributed by atoms with Crippen molar-refractivity contribution < 1.29 is 4.74 Å². The smallest absolute Gasteiger partial charge is 0.156 e. The highest BCUT2D eigenvalue weighted by atomic mass is 35.5. The van der Waals surface area contributed by atoms with Crippen LogP contribution in [-0.4, -0.2) is 35.3 Å².